The van der Waals surface area contributed by atoms with Crippen molar-refractivity contribution < 1.29 is 14.2 Å². The van der Waals surface area contributed by atoms with Gasteiger partial charge in [0.15, 0.2) is 17.5 Å². The van der Waals surface area contributed by atoms with Crippen LogP contribution in [0.3, 0.4) is 0 Å². The Morgan fingerprint density at radius 2 is 1.76 bits per heavy atom. The third kappa shape index (κ3) is 5.31. The lowest BCUT2D eigenvalue weighted by Crippen LogP contribution is -2.30. The lowest BCUT2D eigenvalue weighted by Gasteiger charge is -2.14. The van der Waals surface area contributed by atoms with E-state index in [1.807, 2.05) is 49.4 Å². The van der Waals surface area contributed by atoms with Gasteiger partial charge in [-0.2, -0.15) is 0 Å². The fraction of sp³-hybridized carbons (Fsp3) is 0.316. The molecule has 0 aromatic heterocycles. The molecule has 134 valence electrons. The van der Waals surface area contributed by atoms with E-state index in [-0.39, 0.29) is 0 Å². The summed E-state index contributed by atoms with van der Waals surface area (Å²) >= 11 is 0. The molecular formula is C19H25N3O3. The summed E-state index contributed by atoms with van der Waals surface area (Å²) in [5, 5.41) is 6.52. The number of benzene rings is 2. The van der Waals surface area contributed by atoms with Gasteiger partial charge in [0, 0.05) is 25.3 Å². The van der Waals surface area contributed by atoms with E-state index in [0.29, 0.717) is 24.9 Å². The van der Waals surface area contributed by atoms with E-state index in [0.717, 1.165) is 22.7 Å². The normalized spacial score (nSPS) is 11.0. The van der Waals surface area contributed by atoms with Gasteiger partial charge in [0.05, 0.1) is 20.8 Å². The minimum atomic E-state index is 0.591. The molecule has 2 aromatic rings. The summed E-state index contributed by atoms with van der Waals surface area (Å²) in [5.41, 5.74) is 2.00. The molecule has 0 radical (unpaired) electrons. The molecule has 25 heavy (non-hydrogen) atoms. The van der Waals surface area contributed by atoms with Gasteiger partial charge in [0.2, 0.25) is 0 Å². The number of rotatable bonds is 7. The van der Waals surface area contributed by atoms with Gasteiger partial charge in [0.1, 0.15) is 5.75 Å². The maximum atomic E-state index is 5.53. The van der Waals surface area contributed by atoms with Crippen molar-refractivity contribution in [3.8, 4) is 17.2 Å². The Morgan fingerprint density at radius 1 is 1.00 bits per heavy atom. The summed E-state index contributed by atoms with van der Waals surface area (Å²) in [4.78, 5) is 4.24. The van der Waals surface area contributed by atoms with E-state index in [9.17, 15) is 0 Å². The molecule has 0 saturated carbocycles. The van der Waals surface area contributed by atoms with Gasteiger partial charge in [-0.05, 0) is 36.8 Å². The first-order chi connectivity index (χ1) is 12.2. The molecule has 0 aliphatic rings. The molecule has 0 saturated heterocycles. The molecular weight excluding hydrogens is 318 g/mol. The van der Waals surface area contributed by atoms with E-state index in [2.05, 4.69) is 15.6 Å². The Balaban J connectivity index is 1.99. The summed E-state index contributed by atoms with van der Waals surface area (Å²) in [6.07, 6.45) is 0. The first-order valence-electron chi connectivity index (χ1n) is 8.11. The predicted molar refractivity (Wildman–Crippen MR) is 101 cm³/mol. The summed E-state index contributed by atoms with van der Waals surface area (Å²) in [6.45, 7) is 3.18. The van der Waals surface area contributed by atoms with E-state index in [1.165, 1.54) is 0 Å². The van der Waals surface area contributed by atoms with E-state index in [4.69, 9.17) is 14.2 Å². The molecule has 6 nitrogen and oxygen atoms in total. The number of methoxy groups -OCH3 is 2. The van der Waals surface area contributed by atoms with Crippen LogP contribution in [0.5, 0.6) is 17.2 Å². The Morgan fingerprint density at radius 3 is 2.36 bits per heavy atom. The van der Waals surface area contributed by atoms with E-state index < -0.39 is 0 Å². The highest BCUT2D eigenvalue weighted by molar-refractivity contribution is 5.93. The van der Waals surface area contributed by atoms with Crippen molar-refractivity contribution in [2.45, 2.75) is 13.5 Å². The second-order valence-electron chi connectivity index (χ2n) is 5.20. The van der Waals surface area contributed by atoms with Gasteiger partial charge in [-0.15, -0.1) is 0 Å². The van der Waals surface area contributed by atoms with Crippen molar-refractivity contribution in [3.63, 3.8) is 0 Å². The van der Waals surface area contributed by atoms with Crippen molar-refractivity contribution in [3.05, 3.63) is 48.0 Å². The van der Waals surface area contributed by atoms with Crippen LogP contribution in [0.2, 0.25) is 0 Å². The molecule has 2 N–H and O–H groups in total. The third-order valence-electron chi connectivity index (χ3n) is 3.57. The Bertz CT molecular complexity index is 700. The first kappa shape index (κ1) is 18.4. The summed E-state index contributed by atoms with van der Waals surface area (Å²) in [7, 11) is 5.01. The number of aliphatic imine (C=N–C) groups is 1. The van der Waals surface area contributed by atoms with Crippen LogP contribution in [0.1, 0.15) is 12.5 Å². The lowest BCUT2D eigenvalue weighted by molar-refractivity contribution is 0.311. The van der Waals surface area contributed by atoms with Crippen molar-refractivity contribution in [2.24, 2.45) is 4.99 Å². The van der Waals surface area contributed by atoms with Crippen LogP contribution < -0.4 is 24.8 Å². The Kier molecular flexibility index (Phi) is 6.95. The maximum Gasteiger partial charge on any atom is 0.195 e. The molecule has 0 aliphatic heterocycles. The molecule has 0 unspecified atom stereocenters. The number of guanidine groups is 1. The van der Waals surface area contributed by atoms with Crippen LogP contribution in [0, 0.1) is 0 Å². The molecule has 0 fully saturated rings. The average molecular weight is 343 g/mol. The van der Waals surface area contributed by atoms with Crippen LogP contribution in [0.15, 0.2) is 47.5 Å². The molecule has 0 amide bonds. The second-order valence-corrected chi connectivity index (χ2v) is 5.20. The van der Waals surface area contributed by atoms with Gasteiger partial charge >= 0.3 is 0 Å². The Labute approximate surface area is 148 Å². The summed E-state index contributed by atoms with van der Waals surface area (Å²) in [5.74, 6) is 2.91. The highest BCUT2D eigenvalue weighted by Crippen LogP contribution is 2.30. The number of nitrogens with zero attached hydrogens (tertiary/aromatic N) is 1. The molecule has 0 heterocycles. The third-order valence-corrected chi connectivity index (χ3v) is 3.57. The average Bonchev–Trinajstić information content (AvgIpc) is 2.66. The standard InChI is InChI=1S/C19H25N3O3/c1-5-25-17-11-8-15(12-18(17)24-4)22-19(20-2)21-13-14-6-9-16(23-3)10-7-14/h6-12H,5,13H2,1-4H3,(H2,20,21,22). The molecule has 0 spiro atoms. The van der Waals surface area contributed by atoms with Gasteiger partial charge in [-0.3, -0.25) is 4.99 Å². The SMILES string of the molecule is CCOc1ccc(NC(=NC)NCc2ccc(OC)cc2)cc1OC. The van der Waals surface area contributed by atoms with Gasteiger partial charge in [-0.25, -0.2) is 0 Å². The first-order valence-corrected chi connectivity index (χ1v) is 8.11. The topological polar surface area (TPSA) is 64.1 Å². The number of hydrogen-bond acceptors (Lipinski definition) is 4. The molecule has 0 bridgehead atoms. The molecule has 0 aliphatic carbocycles. The van der Waals surface area contributed by atoms with Crippen molar-refractivity contribution in [2.75, 3.05) is 33.2 Å². The lowest BCUT2D eigenvalue weighted by atomic mass is 10.2. The predicted octanol–water partition coefficient (Wildman–Crippen LogP) is 3.29. The minimum Gasteiger partial charge on any atom is -0.497 e. The highest BCUT2D eigenvalue weighted by Gasteiger charge is 2.07. The zero-order valence-electron chi connectivity index (χ0n) is 15.1. The molecule has 2 rings (SSSR count). The zero-order valence-corrected chi connectivity index (χ0v) is 15.1. The number of hydrogen-bond donors (Lipinski definition) is 2. The van der Waals surface area contributed by atoms with Crippen molar-refractivity contribution >= 4 is 11.6 Å². The van der Waals surface area contributed by atoms with Crippen LogP contribution in [-0.2, 0) is 6.54 Å². The number of nitrogens with one attached hydrogen (secondary N) is 2. The van der Waals surface area contributed by atoms with Crippen LogP contribution >= 0.6 is 0 Å². The van der Waals surface area contributed by atoms with Gasteiger partial charge in [-0.1, -0.05) is 12.1 Å². The second kappa shape index (κ2) is 9.42. The fourth-order valence-electron chi connectivity index (χ4n) is 2.27. The molecule has 0 atom stereocenters. The summed E-state index contributed by atoms with van der Waals surface area (Å²) < 4.78 is 16.1. The quantitative estimate of drug-likeness (QED) is 0.597. The van der Waals surface area contributed by atoms with Crippen LogP contribution in [-0.4, -0.2) is 33.8 Å². The summed E-state index contributed by atoms with van der Waals surface area (Å²) in [6, 6.07) is 13.6. The van der Waals surface area contributed by atoms with E-state index in [1.54, 1.807) is 21.3 Å². The highest BCUT2D eigenvalue weighted by atomic mass is 16.5. The van der Waals surface area contributed by atoms with Crippen molar-refractivity contribution in [1.82, 2.24) is 5.32 Å². The zero-order chi connectivity index (χ0) is 18.1. The Hall–Kier alpha value is -2.89. The maximum absolute atomic E-state index is 5.53. The van der Waals surface area contributed by atoms with Crippen LogP contribution in [0.25, 0.3) is 0 Å². The van der Waals surface area contributed by atoms with Gasteiger partial charge < -0.3 is 24.8 Å². The monoisotopic (exact) mass is 343 g/mol. The minimum absolute atomic E-state index is 0.591. The number of ether oxygens (including phenoxy) is 3. The van der Waals surface area contributed by atoms with Crippen LogP contribution in [0.4, 0.5) is 5.69 Å². The molecule has 6 heteroatoms. The largest absolute Gasteiger partial charge is 0.497 e. The van der Waals surface area contributed by atoms with Gasteiger partial charge in [0.25, 0.3) is 0 Å². The fourth-order valence-corrected chi connectivity index (χ4v) is 2.27. The molecule has 2 aromatic carbocycles. The smallest absolute Gasteiger partial charge is 0.195 e. The number of anilines is 1. The van der Waals surface area contributed by atoms with E-state index >= 15 is 0 Å². The van der Waals surface area contributed by atoms with Crippen molar-refractivity contribution in [1.29, 1.82) is 0 Å².